The summed E-state index contributed by atoms with van der Waals surface area (Å²) in [7, 11) is 1.71. The van der Waals surface area contributed by atoms with Crippen LogP contribution in [0.2, 0.25) is 0 Å². The molecule has 0 unspecified atom stereocenters. The molecule has 0 bridgehead atoms. The van der Waals surface area contributed by atoms with Crippen molar-refractivity contribution >= 4 is 11.7 Å². The normalized spacial score (nSPS) is 10.6. The molecule has 0 radical (unpaired) electrons. The Bertz CT molecular complexity index is 579. The molecule has 2 aromatic rings. The Kier molecular flexibility index (Phi) is 4.47. The molecule has 0 aliphatic heterocycles. The van der Waals surface area contributed by atoms with Gasteiger partial charge in [-0.15, -0.1) is 0 Å². The van der Waals surface area contributed by atoms with Crippen LogP contribution in [0.5, 0.6) is 0 Å². The minimum Gasteiger partial charge on any atom is -0.330 e. The average Bonchev–Trinajstić information content (AvgIpc) is 2.85. The van der Waals surface area contributed by atoms with Gasteiger partial charge in [0.2, 0.25) is 0 Å². The fraction of sp³-hybridized carbons (Fsp3) is 0.357. The summed E-state index contributed by atoms with van der Waals surface area (Å²) in [5, 5.41) is 4.24. The third-order valence-corrected chi connectivity index (χ3v) is 3.21. The van der Waals surface area contributed by atoms with Gasteiger partial charge in [-0.1, -0.05) is 6.07 Å². The van der Waals surface area contributed by atoms with Gasteiger partial charge in [-0.2, -0.15) is 5.10 Å². The second-order valence-electron chi connectivity index (χ2n) is 4.56. The number of aromatic nitrogens is 3. The smallest absolute Gasteiger partial charge is 0.262 e. The van der Waals surface area contributed by atoms with E-state index in [1.54, 1.807) is 25.5 Å². The van der Waals surface area contributed by atoms with Crippen molar-refractivity contribution in [1.82, 2.24) is 14.8 Å². The Morgan fingerprint density at radius 3 is 2.90 bits per heavy atom. The minimum absolute atomic E-state index is 0.111. The van der Waals surface area contributed by atoms with Crippen LogP contribution in [0, 0.1) is 6.92 Å². The summed E-state index contributed by atoms with van der Waals surface area (Å²) in [4.78, 5) is 18.2. The predicted octanol–water partition coefficient (Wildman–Crippen LogP) is 1.21. The number of amides is 1. The number of hydrogen-bond donors (Lipinski definition) is 1. The molecule has 106 valence electrons. The fourth-order valence-corrected chi connectivity index (χ4v) is 1.96. The van der Waals surface area contributed by atoms with E-state index in [9.17, 15) is 4.79 Å². The van der Waals surface area contributed by atoms with Gasteiger partial charge in [0.25, 0.3) is 5.91 Å². The molecular formula is C14H19N5O. The lowest BCUT2D eigenvalue weighted by Gasteiger charge is -2.15. The Hall–Kier alpha value is -2.21. The molecule has 0 atom stereocenters. The number of rotatable bonds is 5. The van der Waals surface area contributed by atoms with Crippen molar-refractivity contribution in [3.63, 3.8) is 0 Å². The van der Waals surface area contributed by atoms with E-state index in [1.807, 2.05) is 23.7 Å². The molecule has 0 spiro atoms. The summed E-state index contributed by atoms with van der Waals surface area (Å²) in [6.45, 7) is 3.22. The topological polar surface area (TPSA) is 77.0 Å². The average molecular weight is 273 g/mol. The Morgan fingerprint density at radius 2 is 2.25 bits per heavy atom. The third kappa shape index (κ3) is 2.85. The summed E-state index contributed by atoms with van der Waals surface area (Å²) >= 11 is 0. The monoisotopic (exact) mass is 273 g/mol. The van der Waals surface area contributed by atoms with Crippen LogP contribution in [0.25, 0.3) is 0 Å². The van der Waals surface area contributed by atoms with Gasteiger partial charge in [0.1, 0.15) is 5.82 Å². The summed E-state index contributed by atoms with van der Waals surface area (Å²) in [5.41, 5.74) is 6.94. The molecule has 2 rings (SSSR count). The van der Waals surface area contributed by atoms with Gasteiger partial charge in [-0.05, 0) is 32.0 Å². The summed E-state index contributed by atoms with van der Waals surface area (Å²) in [6, 6.07) is 5.47. The van der Waals surface area contributed by atoms with Crippen molar-refractivity contribution in [3.8, 4) is 0 Å². The van der Waals surface area contributed by atoms with Crippen LogP contribution in [0.3, 0.4) is 0 Å². The summed E-state index contributed by atoms with van der Waals surface area (Å²) in [5.74, 6) is 0.506. The Morgan fingerprint density at radius 1 is 1.45 bits per heavy atom. The molecule has 0 aliphatic rings. The van der Waals surface area contributed by atoms with E-state index in [0.29, 0.717) is 17.9 Å². The number of aryl methyl sites for hydroxylation is 1. The molecule has 0 fully saturated rings. The van der Waals surface area contributed by atoms with Gasteiger partial charge >= 0.3 is 0 Å². The van der Waals surface area contributed by atoms with Gasteiger partial charge < -0.3 is 5.73 Å². The number of nitrogens with two attached hydrogens (primary N) is 1. The van der Waals surface area contributed by atoms with E-state index >= 15 is 0 Å². The highest BCUT2D eigenvalue weighted by Crippen LogP contribution is 2.15. The molecule has 0 aromatic carbocycles. The zero-order valence-electron chi connectivity index (χ0n) is 11.8. The summed E-state index contributed by atoms with van der Waals surface area (Å²) in [6.07, 6.45) is 4.11. The van der Waals surface area contributed by atoms with Gasteiger partial charge in [-0.3, -0.25) is 14.4 Å². The number of carbonyl (C=O) groups is 1. The molecule has 2 N–H and O–H groups in total. The molecule has 0 saturated carbocycles. The molecule has 0 saturated heterocycles. The van der Waals surface area contributed by atoms with E-state index < -0.39 is 0 Å². The number of anilines is 1. The van der Waals surface area contributed by atoms with Crippen LogP contribution < -0.4 is 10.6 Å². The van der Waals surface area contributed by atoms with Crippen molar-refractivity contribution in [2.24, 2.45) is 5.73 Å². The zero-order valence-corrected chi connectivity index (χ0v) is 11.8. The van der Waals surface area contributed by atoms with E-state index in [1.165, 1.54) is 4.90 Å². The first-order chi connectivity index (χ1) is 9.65. The first kappa shape index (κ1) is 14.2. The highest BCUT2D eigenvalue weighted by molar-refractivity contribution is 6.05. The van der Waals surface area contributed by atoms with E-state index in [0.717, 1.165) is 18.7 Å². The van der Waals surface area contributed by atoms with Gasteiger partial charge in [0.05, 0.1) is 11.8 Å². The molecular weight excluding hydrogens is 254 g/mol. The molecule has 20 heavy (non-hydrogen) atoms. The molecule has 2 aromatic heterocycles. The first-order valence-corrected chi connectivity index (χ1v) is 6.56. The predicted molar refractivity (Wildman–Crippen MR) is 77.6 cm³/mol. The van der Waals surface area contributed by atoms with Crippen molar-refractivity contribution in [3.05, 3.63) is 41.9 Å². The second-order valence-corrected chi connectivity index (χ2v) is 4.56. The van der Waals surface area contributed by atoms with Crippen LogP contribution in [0.15, 0.2) is 30.6 Å². The number of pyridine rings is 1. The highest BCUT2D eigenvalue weighted by atomic mass is 16.2. The van der Waals surface area contributed by atoms with Crippen molar-refractivity contribution in [2.45, 2.75) is 19.9 Å². The maximum absolute atomic E-state index is 12.5. The molecule has 6 heteroatoms. The van der Waals surface area contributed by atoms with Crippen LogP contribution in [0.1, 0.15) is 22.5 Å². The molecule has 0 aliphatic carbocycles. The van der Waals surface area contributed by atoms with Crippen LogP contribution in [-0.4, -0.2) is 34.3 Å². The molecule has 2 heterocycles. The Balaban J connectivity index is 2.19. The van der Waals surface area contributed by atoms with E-state index in [-0.39, 0.29) is 5.91 Å². The number of carbonyl (C=O) groups excluding carboxylic acids is 1. The fourth-order valence-electron chi connectivity index (χ4n) is 1.96. The zero-order chi connectivity index (χ0) is 14.5. The van der Waals surface area contributed by atoms with Crippen LogP contribution >= 0.6 is 0 Å². The second kappa shape index (κ2) is 6.29. The quantitative estimate of drug-likeness (QED) is 0.888. The SMILES string of the molecule is Cc1c(C(=O)N(C)c2ccccn2)cnn1CCCN. The molecule has 1 amide bonds. The minimum atomic E-state index is -0.111. The first-order valence-electron chi connectivity index (χ1n) is 6.56. The van der Waals surface area contributed by atoms with Gasteiger partial charge in [-0.25, -0.2) is 4.98 Å². The maximum atomic E-state index is 12.5. The highest BCUT2D eigenvalue weighted by Gasteiger charge is 2.19. The standard InChI is InChI=1S/C14H19N5O/c1-11-12(10-17-19(11)9-5-7-15)14(20)18(2)13-6-3-4-8-16-13/h3-4,6,8,10H,5,7,9,15H2,1-2H3. The number of hydrogen-bond acceptors (Lipinski definition) is 4. The van der Waals surface area contributed by atoms with Crippen LogP contribution in [0.4, 0.5) is 5.82 Å². The van der Waals surface area contributed by atoms with Gasteiger partial charge in [0, 0.05) is 25.5 Å². The lowest BCUT2D eigenvalue weighted by Crippen LogP contribution is -2.27. The third-order valence-electron chi connectivity index (χ3n) is 3.21. The van der Waals surface area contributed by atoms with Crippen molar-refractivity contribution in [2.75, 3.05) is 18.5 Å². The number of nitrogens with zero attached hydrogens (tertiary/aromatic N) is 4. The van der Waals surface area contributed by atoms with Crippen LogP contribution in [-0.2, 0) is 6.54 Å². The molecule has 6 nitrogen and oxygen atoms in total. The van der Waals surface area contributed by atoms with E-state index in [4.69, 9.17) is 5.73 Å². The Labute approximate surface area is 118 Å². The van der Waals surface area contributed by atoms with Gasteiger partial charge in [0.15, 0.2) is 0 Å². The summed E-state index contributed by atoms with van der Waals surface area (Å²) < 4.78 is 1.81. The largest absolute Gasteiger partial charge is 0.330 e. The van der Waals surface area contributed by atoms with Crippen molar-refractivity contribution in [1.29, 1.82) is 0 Å². The lowest BCUT2D eigenvalue weighted by atomic mass is 10.2. The lowest BCUT2D eigenvalue weighted by molar-refractivity contribution is 0.0991. The van der Waals surface area contributed by atoms with E-state index in [2.05, 4.69) is 10.1 Å². The maximum Gasteiger partial charge on any atom is 0.262 e. The van der Waals surface area contributed by atoms with Crippen molar-refractivity contribution < 1.29 is 4.79 Å².